The van der Waals surface area contributed by atoms with Gasteiger partial charge in [-0.2, -0.15) is 15.1 Å². The number of halogens is 2. The highest BCUT2D eigenvalue weighted by molar-refractivity contribution is 7.52. The van der Waals surface area contributed by atoms with Crippen molar-refractivity contribution in [2.45, 2.75) is 57.0 Å². The van der Waals surface area contributed by atoms with Gasteiger partial charge in [0.2, 0.25) is 11.6 Å². The van der Waals surface area contributed by atoms with E-state index in [0.717, 1.165) is 10.9 Å². The summed E-state index contributed by atoms with van der Waals surface area (Å²) in [6.45, 7) is 2.31. The van der Waals surface area contributed by atoms with Crippen molar-refractivity contribution in [2.75, 3.05) is 31.4 Å². The molecule has 0 bridgehead atoms. The number of anilines is 2. The SMILES string of the molecule is CNc1nc(N)nc2c1ncn2[C@@H]1O[C@H](CO[P@@](=O)(NC(C)C(=O)OC(C)C)Oc2ccccc2)[C@@H](O)[C@]1(F)CF. The predicted molar refractivity (Wildman–Crippen MR) is 143 cm³/mol. The second-order valence-corrected chi connectivity index (χ2v) is 11.3. The van der Waals surface area contributed by atoms with Crippen molar-refractivity contribution in [3.63, 3.8) is 0 Å². The molecule has 3 heterocycles. The molecule has 0 saturated carbocycles. The number of nitrogens with one attached hydrogen (secondary N) is 2. The molecule has 5 N–H and O–H groups in total. The molecule has 1 saturated heterocycles. The average molecular weight is 600 g/mol. The second-order valence-electron chi connectivity index (χ2n) is 9.57. The molecule has 224 valence electrons. The largest absolute Gasteiger partial charge is 0.462 e. The van der Waals surface area contributed by atoms with Gasteiger partial charge < -0.3 is 30.2 Å². The van der Waals surface area contributed by atoms with E-state index in [2.05, 4.69) is 25.4 Å². The summed E-state index contributed by atoms with van der Waals surface area (Å²) >= 11 is 0. The lowest BCUT2D eigenvalue weighted by atomic mass is 9.97. The van der Waals surface area contributed by atoms with Crippen LogP contribution in [0.4, 0.5) is 20.5 Å². The monoisotopic (exact) mass is 599 g/mol. The van der Waals surface area contributed by atoms with Crippen LogP contribution in [0.25, 0.3) is 11.2 Å². The number of aliphatic hydroxyl groups is 1. The Bertz CT molecular complexity index is 1420. The van der Waals surface area contributed by atoms with Gasteiger partial charge in [0, 0.05) is 7.05 Å². The van der Waals surface area contributed by atoms with Crippen LogP contribution in [0.1, 0.15) is 27.0 Å². The van der Waals surface area contributed by atoms with Crippen molar-refractivity contribution < 1.29 is 41.8 Å². The lowest BCUT2D eigenvalue weighted by Gasteiger charge is -2.26. The third-order valence-corrected chi connectivity index (χ3v) is 7.77. The van der Waals surface area contributed by atoms with Crippen LogP contribution in [0.3, 0.4) is 0 Å². The number of ether oxygens (including phenoxy) is 2. The van der Waals surface area contributed by atoms with E-state index in [1.54, 1.807) is 39.1 Å². The van der Waals surface area contributed by atoms with Crippen LogP contribution in [0.5, 0.6) is 5.75 Å². The van der Waals surface area contributed by atoms with Gasteiger partial charge in [-0.25, -0.2) is 18.3 Å². The van der Waals surface area contributed by atoms with E-state index >= 15 is 4.39 Å². The molecule has 0 amide bonds. The predicted octanol–water partition coefficient (Wildman–Crippen LogP) is 2.52. The Morgan fingerprint density at radius 1 is 1.29 bits per heavy atom. The number of carbonyl (C=O) groups excluding carboxylic acids is 1. The number of nitrogens with zero attached hydrogens (tertiary/aromatic N) is 4. The number of fused-ring (bicyclic) bond motifs is 1. The standard InChI is InChI=1S/C24H32F2N7O7P/c1-13(2)38-21(35)14(3)32-41(36,40-15-8-6-5-7-9-15)37-10-16-18(34)24(26,11-25)22(39-16)33-12-29-17-19(28-4)30-23(27)31-20(17)33/h5-9,12-14,16,18,22,34H,10-11H2,1-4H3,(H,32,36)(H3,27,28,30,31)/t14?,16-,18-,22-,24-,41+/m1/s1. The van der Waals surface area contributed by atoms with Crippen LogP contribution in [0, 0.1) is 0 Å². The van der Waals surface area contributed by atoms with Crippen LogP contribution >= 0.6 is 7.75 Å². The van der Waals surface area contributed by atoms with Crippen LogP contribution in [-0.2, 0) is 23.4 Å². The Kier molecular flexibility index (Phi) is 9.09. The van der Waals surface area contributed by atoms with Crippen molar-refractivity contribution in [3.8, 4) is 5.75 Å². The minimum atomic E-state index is -4.38. The first-order valence-electron chi connectivity index (χ1n) is 12.6. The number of rotatable bonds is 12. The number of hydrogen-bond acceptors (Lipinski definition) is 12. The summed E-state index contributed by atoms with van der Waals surface area (Å²) in [4.78, 5) is 24.6. The molecule has 4 rings (SSSR count). The number of aromatic nitrogens is 4. The zero-order valence-corrected chi connectivity index (χ0v) is 23.6. The highest BCUT2D eigenvalue weighted by Gasteiger charge is 2.59. The molecule has 1 unspecified atom stereocenters. The number of benzene rings is 1. The molecule has 17 heteroatoms. The van der Waals surface area contributed by atoms with E-state index in [9.17, 15) is 18.9 Å². The van der Waals surface area contributed by atoms with E-state index in [0.29, 0.717) is 0 Å². The molecule has 41 heavy (non-hydrogen) atoms. The van der Waals surface area contributed by atoms with Gasteiger partial charge in [-0.1, -0.05) is 18.2 Å². The summed E-state index contributed by atoms with van der Waals surface area (Å²) in [7, 11) is -2.82. The van der Waals surface area contributed by atoms with Crippen molar-refractivity contribution >= 4 is 36.6 Å². The third kappa shape index (κ3) is 6.41. The average Bonchev–Trinajstić information content (AvgIpc) is 3.45. The number of nitrogen functional groups attached to an aromatic ring is 1. The first-order chi connectivity index (χ1) is 19.4. The molecule has 6 atom stereocenters. The number of alkyl halides is 2. The number of hydrogen-bond donors (Lipinski definition) is 4. The molecular weight excluding hydrogens is 567 g/mol. The number of para-hydroxylation sites is 1. The maximum absolute atomic E-state index is 16.0. The van der Waals surface area contributed by atoms with Gasteiger partial charge in [0.25, 0.3) is 0 Å². The number of nitrogens with two attached hydrogens (primary N) is 1. The van der Waals surface area contributed by atoms with Gasteiger partial charge in [-0.05, 0) is 32.9 Å². The first kappa shape index (κ1) is 30.5. The zero-order valence-electron chi connectivity index (χ0n) is 22.7. The van der Waals surface area contributed by atoms with E-state index in [4.69, 9.17) is 24.3 Å². The molecule has 3 aromatic rings. The van der Waals surface area contributed by atoms with Crippen molar-refractivity contribution in [1.82, 2.24) is 24.6 Å². The molecule has 1 fully saturated rings. The van der Waals surface area contributed by atoms with Crippen molar-refractivity contribution in [3.05, 3.63) is 36.7 Å². The summed E-state index contributed by atoms with van der Waals surface area (Å²) in [6.07, 6.45) is -4.66. The Morgan fingerprint density at radius 3 is 2.63 bits per heavy atom. The Hall–Kier alpha value is -3.43. The normalized spacial score (nSPS) is 24.7. The van der Waals surface area contributed by atoms with Gasteiger partial charge >= 0.3 is 13.7 Å². The Balaban J connectivity index is 1.59. The highest BCUT2D eigenvalue weighted by Crippen LogP contribution is 2.48. The lowest BCUT2D eigenvalue weighted by Crippen LogP contribution is -2.45. The van der Waals surface area contributed by atoms with Gasteiger partial charge in [0.1, 0.15) is 30.7 Å². The topological polar surface area (TPSA) is 185 Å². The van der Waals surface area contributed by atoms with Crippen LogP contribution in [-0.4, -0.2) is 80.9 Å². The molecule has 1 aliphatic rings. The quantitative estimate of drug-likeness (QED) is 0.176. The van der Waals surface area contributed by atoms with Gasteiger partial charge in [0.05, 0.1) is 19.0 Å². The van der Waals surface area contributed by atoms with Crippen molar-refractivity contribution in [2.24, 2.45) is 0 Å². The summed E-state index contributed by atoms with van der Waals surface area (Å²) in [5.41, 5.74) is 3.01. The molecule has 14 nitrogen and oxygen atoms in total. The molecule has 0 radical (unpaired) electrons. The zero-order chi connectivity index (χ0) is 29.9. The second kappa shape index (κ2) is 12.2. The molecule has 1 aliphatic heterocycles. The van der Waals surface area contributed by atoms with Crippen LogP contribution in [0.2, 0.25) is 0 Å². The van der Waals surface area contributed by atoms with Gasteiger partial charge in [-0.3, -0.25) is 13.9 Å². The van der Waals surface area contributed by atoms with E-state index in [1.807, 2.05) is 0 Å². The van der Waals surface area contributed by atoms with E-state index in [1.165, 1.54) is 19.1 Å². The molecule has 0 spiro atoms. The van der Waals surface area contributed by atoms with E-state index in [-0.39, 0.29) is 28.7 Å². The van der Waals surface area contributed by atoms with Gasteiger partial charge in [0.15, 0.2) is 23.2 Å². The maximum Gasteiger partial charge on any atom is 0.459 e. The van der Waals surface area contributed by atoms with Gasteiger partial charge in [-0.15, -0.1) is 0 Å². The maximum atomic E-state index is 16.0. The third-order valence-electron chi connectivity index (χ3n) is 6.13. The molecular formula is C24H32F2N7O7P. The summed E-state index contributed by atoms with van der Waals surface area (Å²) < 4.78 is 67.0. The Labute approximate surface area is 234 Å². The minimum absolute atomic E-state index is 0.0216. The number of carbonyl (C=O) groups is 1. The fourth-order valence-electron chi connectivity index (χ4n) is 4.17. The van der Waals surface area contributed by atoms with Crippen LogP contribution in [0.15, 0.2) is 36.7 Å². The lowest BCUT2D eigenvalue weighted by molar-refractivity contribution is -0.149. The minimum Gasteiger partial charge on any atom is -0.462 e. The number of esters is 1. The molecule has 1 aromatic carbocycles. The van der Waals surface area contributed by atoms with E-state index < -0.39 is 63.2 Å². The van der Waals surface area contributed by atoms with Crippen LogP contribution < -0.4 is 20.7 Å². The molecule has 2 aromatic heterocycles. The summed E-state index contributed by atoms with van der Waals surface area (Å²) in [5, 5.41) is 16.1. The number of imidazole rings is 1. The highest BCUT2D eigenvalue weighted by atomic mass is 31.2. The summed E-state index contributed by atoms with van der Waals surface area (Å²) in [5.74, 6) is -0.525. The molecule has 0 aliphatic carbocycles. The first-order valence-corrected chi connectivity index (χ1v) is 14.2. The Morgan fingerprint density at radius 2 is 2.00 bits per heavy atom. The number of aliphatic hydroxyl groups excluding tert-OH is 1. The van der Waals surface area contributed by atoms with Crippen molar-refractivity contribution in [1.29, 1.82) is 0 Å². The fraction of sp³-hybridized carbons (Fsp3) is 0.500. The summed E-state index contributed by atoms with van der Waals surface area (Å²) in [6, 6.07) is 6.79. The fourth-order valence-corrected chi connectivity index (χ4v) is 5.67. The smallest absolute Gasteiger partial charge is 0.459 e.